The highest BCUT2D eigenvalue weighted by Crippen LogP contribution is 2.25. The maximum atomic E-state index is 11.8. The van der Waals surface area contributed by atoms with Gasteiger partial charge in [-0.2, -0.15) is 0 Å². The summed E-state index contributed by atoms with van der Waals surface area (Å²) in [5.74, 6) is -0.0277. The van der Waals surface area contributed by atoms with E-state index in [1.54, 1.807) is 4.90 Å². The zero-order chi connectivity index (χ0) is 13.2. The summed E-state index contributed by atoms with van der Waals surface area (Å²) in [6, 6.07) is 8.12. The summed E-state index contributed by atoms with van der Waals surface area (Å²) in [5, 5.41) is 0. The molecule has 0 unspecified atom stereocenters. The van der Waals surface area contributed by atoms with Gasteiger partial charge in [0.05, 0.1) is 6.42 Å². The van der Waals surface area contributed by atoms with Gasteiger partial charge in [-0.1, -0.05) is 0 Å². The Morgan fingerprint density at radius 2 is 1.47 bits per heavy atom. The second kappa shape index (κ2) is 5.03. The summed E-state index contributed by atoms with van der Waals surface area (Å²) < 4.78 is 0. The Balaban J connectivity index is 1.75. The first-order valence-electron chi connectivity index (χ1n) is 6.91. The highest BCUT2D eigenvalue weighted by atomic mass is 16.2. The van der Waals surface area contributed by atoms with E-state index in [0.717, 1.165) is 18.8 Å². The lowest BCUT2D eigenvalue weighted by Crippen LogP contribution is -2.39. The lowest BCUT2D eigenvalue weighted by Gasteiger charge is -2.27. The summed E-state index contributed by atoms with van der Waals surface area (Å²) in [5.41, 5.74) is 2.13. The molecule has 100 valence electrons. The van der Waals surface area contributed by atoms with Crippen molar-refractivity contribution in [1.82, 2.24) is 0 Å². The molecule has 1 aromatic rings. The van der Waals surface area contributed by atoms with Crippen molar-refractivity contribution in [2.24, 2.45) is 0 Å². The minimum absolute atomic E-state index is 0.0495. The fourth-order valence-corrected chi connectivity index (χ4v) is 2.81. The summed E-state index contributed by atoms with van der Waals surface area (Å²) in [7, 11) is 0. The summed E-state index contributed by atoms with van der Waals surface area (Å²) in [6.45, 7) is 2.76. The number of ketones is 1. The molecule has 2 saturated heterocycles. The molecule has 0 N–H and O–H groups in total. The molecule has 2 aliphatic heterocycles. The van der Waals surface area contributed by atoms with Crippen LogP contribution in [-0.4, -0.2) is 31.3 Å². The number of benzene rings is 1. The van der Waals surface area contributed by atoms with E-state index in [0.29, 0.717) is 13.0 Å². The van der Waals surface area contributed by atoms with E-state index < -0.39 is 0 Å². The van der Waals surface area contributed by atoms with Crippen molar-refractivity contribution in [1.29, 1.82) is 0 Å². The maximum absolute atomic E-state index is 11.8. The second-order valence-corrected chi connectivity index (χ2v) is 5.22. The number of hydrogen-bond acceptors (Lipinski definition) is 3. The average Bonchev–Trinajstić information content (AvgIpc) is 2.93. The van der Waals surface area contributed by atoms with E-state index in [2.05, 4.69) is 17.0 Å². The number of anilines is 2. The molecule has 4 nitrogen and oxygen atoms in total. The molecule has 2 aliphatic rings. The van der Waals surface area contributed by atoms with E-state index in [4.69, 9.17) is 0 Å². The maximum Gasteiger partial charge on any atom is 0.234 e. The Morgan fingerprint density at radius 1 is 0.842 bits per heavy atom. The number of piperidine rings is 1. The number of carbonyl (C=O) groups is 2. The van der Waals surface area contributed by atoms with Crippen LogP contribution < -0.4 is 9.80 Å². The van der Waals surface area contributed by atoms with Crippen LogP contribution in [-0.2, 0) is 9.59 Å². The molecule has 2 fully saturated rings. The average molecular weight is 258 g/mol. The summed E-state index contributed by atoms with van der Waals surface area (Å²) >= 11 is 0. The van der Waals surface area contributed by atoms with Crippen molar-refractivity contribution in [3.05, 3.63) is 24.3 Å². The number of Topliss-reactive ketones (excluding diaryl/α,β-unsaturated/α-hetero) is 1. The van der Waals surface area contributed by atoms with Crippen molar-refractivity contribution in [2.45, 2.75) is 25.7 Å². The predicted molar refractivity (Wildman–Crippen MR) is 74.5 cm³/mol. The fourth-order valence-electron chi connectivity index (χ4n) is 2.81. The highest BCUT2D eigenvalue weighted by Gasteiger charge is 2.24. The smallest absolute Gasteiger partial charge is 0.234 e. The third kappa shape index (κ3) is 2.48. The van der Waals surface area contributed by atoms with Crippen LogP contribution >= 0.6 is 0 Å². The number of carbonyl (C=O) groups excluding carboxylic acids is 2. The van der Waals surface area contributed by atoms with Gasteiger partial charge in [-0.25, -0.2) is 0 Å². The zero-order valence-electron chi connectivity index (χ0n) is 11.0. The largest absolute Gasteiger partial charge is 0.372 e. The topological polar surface area (TPSA) is 40.6 Å². The van der Waals surface area contributed by atoms with Gasteiger partial charge in [-0.05, 0) is 37.1 Å². The van der Waals surface area contributed by atoms with E-state index in [9.17, 15) is 9.59 Å². The Bertz CT molecular complexity index is 489. The zero-order valence-corrected chi connectivity index (χ0v) is 11.0. The molecule has 0 radical (unpaired) electrons. The lowest BCUT2D eigenvalue weighted by molar-refractivity contribution is -0.128. The van der Waals surface area contributed by atoms with E-state index in [1.165, 1.54) is 18.5 Å². The van der Waals surface area contributed by atoms with Crippen molar-refractivity contribution < 1.29 is 9.59 Å². The third-order valence-electron chi connectivity index (χ3n) is 3.90. The fraction of sp³-hybridized carbons (Fsp3) is 0.467. The van der Waals surface area contributed by atoms with Crippen LogP contribution in [0.5, 0.6) is 0 Å². The van der Waals surface area contributed by atoms with E-state index >= 15 is 0 Å². The third-order valence-corrected chi connectivity index (χ3v) is 3.90. The Kier molecular flexibility index (Phi) is 3.23. The van der Waals surface area contributed by atoms with Crippen LogP contribution in [0.1, 0.15) is 25.7 Å². The van der Waals surface area contributed by atoms with Gasteiger partial charge in [-0.3, -0.25) is 9.59 Å². The Hall–Kier alpha value is -1.84. The molecule has 0 aromatic heterocycles. The van der Waals surface area contributed by atoms with Crippen LogP contribution in [0.15, 0.2) is 24.3 Å². The van der Waals surface area contributed by atoms with Crippen molar-refractivity contribution >= 4 is 23.1 Å². The normalized spacial score (nSPS) is 20.2. The van der Waals surface area contributed by atoms with Gasteiger partial charge in [-0.15, -0.1) is 0 Å². The van der Waals surface area contributed by atoms with Crippen molar-refractivity contribution in [2.75, 3.05) is 29.4 Å². The minimum Gasteiger partial charge on any atom is -0.372 e. The first-order chi connectivity index (χ1) is 9.24. The van der Waals surface area contributed by atoms with Gasteiger partial charge in [0.25, 0.3) is 0 Å². The van der Waals surface area contributed by atoms with Gasteiger partial charge in [0, 0.05) is 37.4 Å². The first-order valence-corrected chi connectivity index (χ1v) is 6.91. The van der Waals surface area contributed by atoms with Gasteiger partial charge in [0.1, 0.15) is 5.78 Å². The van der Waals surface area contributed by atoms with E-state index in [-0.39, 0.29) is 18.1 Å². The quantitative estimate of drug-likeness (QED) is 0.762. The number of hydrogen-bond donors (Lipinski definition) is 0. The molecule has 1 amide bonds. The lowest BCUT2D eigenvalue weighted by atomic mass is 10.1. The molecular formula is C15H18N2O2. The molecule has 0 saturated carbocycles. The molecule has 0 aliphatic carbocycles. The molecule has 2 heterocycles. The Labute approximate surface area is 113 Å². The van der Waals surface area contributed by atoms with Gasteiger partial charge >= 0.3 is 0 Å². The molecule has 4 heteroatoms. The van der Waals surface area contributed by atoms with Gasteiger partial charge < -0.3 is 9.80 Å². The number of amides is 1. The van der Waals surface area contributed by atoms with Crippen LogP contribution in [0.3, 0.4) is 0 Å². The minimum atomic E-state index is -0.0785. The van der Waals surface area contributed by atoms with Crippen molar-refractivity contribution in [3.8, 4) is 0 Å². The highest BCUT2D eigenvalue weighted by molar-refractivity contribution is 6.08. The molecular weight excluding hydrogens is 240 g/mol. The van der Waals surface area contributed by atoms with Crippen molar-refractivity contribution in [3.63, 3.8) is 0 Å². The first kappa shape index (κ1) is 12.2. The number of nitrogens with zero attached hydrogens (tertiary/aromatic N) is 2. The van der Waals surface area contributed by atoms with Crippen LogP contribution in [0.2, 0.25) is 0 Å². The van der Waals surface area contributed by atoms with Crippen LogP contribution in [0.4, 0.5) is 11.4 Å². The molecule has 3 rings (SSSR count). The summed E-state index contributed by atoms with van der Waals surface area (Å²) in [6.07, 6.45) is 3.04. The molecule has 0 bridgehead atoms. The van der Waals surface area contributed by atoms with Crippen LogP contribution in [0.25, 0.3) is 0 Å². The second-order valence-electron chi connectivity index (χ2n) is 5.22. The predicted octanol–water partition coefficient (Wildman–Crippen LogP) is 1.98. The Morgan fingerprint density at radius 3 is 2.11 bits per heavy atom. The van der Waals surface area contributed by atoms with Crippen LogP contribution in [0, 0.1) is 0 Å². The molecule has 19 heavy (non-hydrogen) atoms. The molecule has 1 aromatic carbocycles. The molecule has 0 atom stereocenters. The van der Waals surface area contributed by atoms with Gasteiger partial charge in [0.15, 0.2) is 0 Å². The van der Waals surface area contributed by atoms with E-state index in [1.807, 2.05) is 12.1 Å². The SMILES string of the molecule is O=C1CCN(c2ccc(N3CCCC3)cc2)C(=O)C1. The standard InChI is InChI=1S/C15H18N2O2/c18-14-7-10-17(15(19)11-14)13-5-3-12(4-6-13)16-8-1-2-9-16/h3-6H,1-2,7-11H2. The summed E-state index contributed by atoms with van der Waals surface area (Å²) in [4.78, 5) is 27.1. The van der Waals surface area contributed by atoms with Gasteiger partial charge in [0.2, 0.25) is 5.91 Å². The molecule has 0 spiro atoms. The monoisotopic (exact) mass is 258 g/mol. The number of rotatable bonds is 2.